The third-order valence-electron chi connectivity index (χ3n) is 9.70. The maximum Gasteiger partial charge on any atom is 0.130 e. The third-order valence-corrected chi connectivity index (χ3v) is 10.9. The zero-order valence-electron chi connectivity index (χ0n) is 18.5. The number of benzene rings is 1. The van der Waals surface area contributed by atoms with Gasteiger partial charge in [-0.2, -0.15) is 0 Å². The largest absolute Gasteiger partial charge is 0.377 e. The first-order valence-electron chi connectivity index (χ1n) is 11.9. The van der Waals surface area contributed by atoms with E-state index in [9.17, 15) is 5.11 Å². The lowest BCUT2D eigenvalue weighted by Crippen LogP contribution is -2.53. The van der Waals surface area contributed by atoms with Crippen molar-refractivity contribution in [1.82, 2.24) is 4.98 Å². The highest BCUT2D eigenvalue weighted by molar-refractivity contribution is 7.16. The molecule has 2 fully saturated rings. The standard InChI is InChI=1S/C28H31NOS/c1-4-28(30)17-13-21-19-10-11-22-24-23(29-25(31-24)18-8-6-5-7-9-18)14-15-26(22,2)20(19)12-16-27(21,28)3/h1,5-9,11,19-21,30H,10,12-17H2,2-3H3/t19-,20+,21+,26-,27+,28+/m1/s1. The lowest BCUT2D eigenvalue weighted by Gasteiger charge is -2.57. The highest BCUT2D eigenvalue weighted by Gasteiger charge is 2.63. The number of thiazole rings is 1. The smallest absolute Gasteiger partial charge is 0.130 e. The van der Waals surface area contributed by atoms with E-state index < -0.39 is 5.60 Å². The second-order valence-electron chi connectivity index (χ2n) is 10.8. The molecule has 0 radical (unpaired) electrons. The van der Waals surface area contributed by atoms with Crippen LogP contribution in [-0.4, -0.2) is 15.7 Å². The molecule has 0 aliphatic heterocycles. The fraction of sp³-hybridized carbons (Fsp3) is 0.536. The number of allylic oxidation sites excluding steroid dienone is 2. The van der Waals surface area contributed by atoms with Crippen molar-refractivity contribution in [3.05, 3.63) is 47.0 Å². The van der Waals surface area contributed by atoms with Gasteiger partial charge in [0, 0.05) is 11.0 Å². The highest BCUT2D eigenvalue weighted by Crippen LogP contribution is 2.68. The summed E-state index contributed by atoms with van der Waals surface area (Å²) in [6.45, 7) is 4.79. The van der Waals surface area contributed by atoms with E-state index >= 15 is 0 Å². The van der Waals surface area contributed by atoms with Gasteiger partial charge in [-0.1, -0.05) is 56.2 Å². The van der Waals surface area contributed by atoms with E-state index in [1.807, 2.05) is 11.3 Å². The fourth-order valence-electron chi connectivity index (χ4n) is 7.83. The Morgan fingerprint density at radius 1 is 1.10 bits per heavy atom. The van der Waals surface area contributed by atoms with Crippen molar-refractivity contribution in [2.45, 2.75) is 64.4 Å². The molecule has 1 N–H and O–H groups in total. The Morgan fingerprint density at radius 2 is 1.87 bits per heavy atom. The van der Waals surface area contributed by atoms with E-state index in [4.69, 9.17) is 11.4 Å². The van der Waals surface area contributed by atoms with Crippen LogP contribution in [0.5, 0.6) is 0 Å². The Labute approximate surface area is 189 Å². The van der Waals surface area contributed by atoms with Gasteiger partial charge in [0.05, 0.1) is 10.6 Å². The summed E-state index contributed by atoms with van der Waals surface area (Å²) in [7, 11) is 0. The predicted octanol–water partition coefficient (Wildman–Crippen LogP) is 6.36. The van der Waals surface area contributed by atoms with Gasteiger partial charge in [-0.3, -0.25) is 0 Å². The summed E-state index contributed by atoms with van der Waals surface area (Å²) < 4.78 is 0. The molecule has 160 valence electrons. The van der Waals surface area contributed by atoms with Crippen molar-refractivity contribution < 1.29 is 5.11 Å². The van der Waals surface area contributed by atoms with Crippen LogP contribution >= 0.6 is 11.3 Å². The van der Waals surface area contributed by atoms with Gasteiger partial charge in [0.15, 0.2) is 0 Å². The molecule has 31 heavy (non-hydrogen) atoms. The Kier molecular flexibility index (Phi) is 4.18. The molecule has 2 nitrogen and oxygen atoms in total. The summed E-state index contributed by atoms with van der Waals surface area (Å²) in [5.74, 6) is 4.66. The van der Waals surface area contributed by atoms with Crippen LogP contribution in [0.1, 0.15) is 62.9 Å². The van der Waals surface area contributed by atoms with Crippen LogP contribution in [-0.2, 0) is 6.42 Å². The minimum atomic E-state index is -0.921. The van der Waals surface area contributed by atoms with E-state index in [2.05, 4.69) is 56.2 Å². The SMILES string of the molecule is C#C[C@]1(O)CC[C@H]2[C@@H]3CC=C4c5sc(-c6ccccc6)nc5CC[C@]4(C)[C@H]3CC[C@@]21C. The van der Waals surface area contributed by atoms with Crippen LogP contribution in [0.2, 0.25) is 0 Å². The van der Waals surface area contributed by atoms with E-state index in [1.165, 1.54) is 29.0 Å². The average molecular weight is 430 g/mol. The van der Waals surface area contributed by atoms with Crippen molar-refractivity contribution in [1.29, 1.82) is 0 Å². The molecular formula is C28H31NOS. The Hall–Kier alpha value is -1.89. The molecule has 6 rings (SSSR count). The zero-order chi connectivity index (χ0) is 21.4. The number of terminal acetylenes is 1. The zero-order valence-corrected chi connectivity index (χ0v) is 19.3. The van der Waals surface area contributed by atoms with Gasteiger partial charge in [0.2, 0.25) is 0 Å². The molecule has 1 aromatic carbocycles. The number of nitrogens with zero attached hydrogens (tertiary/aromatic N) is 1. The summed E-state index contributed by atoms with van der Waals surface area (Å²) >= 11 is 1.89. The molecule has 4 aliphatic rings. The number of hydrogen-bond acceptors (Lipinski definition) is 3. The van der Waals surface area contributed by atoms with Crippen LogP contribution in [0.3, 0.4) is 0 Å². The maximum absolute atomic E-state index is 11.2. The molecule has 0 bridgehead atoms. The topological polar surface area (TPSA) is 33.1 Å². The number of rotatable bonds is 1. The number of fused-ring (bicyclic) bond motifs is 7. The molecule has 2 aromatic rings. The van der Waals surface area contributed by atoms with E-state index in [0.717, 1.165) is 37.1 Å². The van der Waals surface area contributed by atoms with Gasteiger partial charge >= 0.3 is 0 Å². The number of hydrogen-bond donors (Lipinski definition) is 1. The quantitative estimate of drug-likeness (QED) is 0.535. The van der Waals surface area contributed by atoms with Crippen LogP contribution < -0.4 is 0 Å². The van der Waals surface area contributed by atoms with Gasteiger partial charge < -0.3 is 5.11 Å². The lowest BCUT2D eigenvalue weighted by molar-refractivity contribution is -0.0886. The van der Waals surface area contributed by atoms with E-state index in [1.54, 1.807) is 5.57 Å². The predicted molar refractivity (Wildman–Crippen MR) is 127 cm³/mol. The normalized spacial score (nSPS) is 40.7. The van der Waals surface area contributed by atoms with Crippen molar-refractivity contribution >= 4 is 16.9 Å². The molecule has 2 saturated carbocycles. The first-order valence-corrected chi connectivity index (χ1v) is 12.7. The van der Waals surface area contributed by atoms with Crippen LogP contribution in [0.15, 0.2) is 36.4 Å². The molecule has 0 amide bonds. The van der Waals surface area contributed by atoms with Crippen LogP contribution in [0.25, 0.3) is 16.1 Å². The van der Waals surface area contributed by atoms with E-state index in [0.29, 0.717) is 17.8 Å². The number of aliphatic hydroxyl groups is 1. The Bertz CT molecular complexity index is 1110. The van der Waals surface area contributed by atoms with Gasteiger partial charge in [0.25, 0.3) is 0 Å². The summed E-state index contributed by atoms with van der Waals surface area (Å²) in [5, 5.41) is 12.4. The molecular weight excluding hydrogens is 398 g/mol. The van der Waals surface area contributed by atoms with Crippen molar-refractivity contribution in [2.24, 2.45) is 28.6 Å². The summed E-state index contributed by atoms with van der Waals surface area (Å²) in [6, 6.07) is 10.6. The minimum absolute atomic E-state index is 0.130. The Morgan fingerprint density at radius 3 is 2.65 bits per heavy atom. The first kappa shape index (κ1) is 19.8. The molecule has 1 aromatic heterocycles. The van der Waals surface area contributed by atoms with Gasteiger partial charge in [-0.15, -0.1) is 17.8 Å². The molecule has 4 aliphatic carbocycles. The molecule has 0 spiro atoms. The lowest BCUT2D eigenvalue weighted by atomic mass is 9.47. The molecule has 1 heterocycles. The first-order chi connectivity index (χ1) is 14.9. The molecule has 0 saturated heterocycles. The van der Waals surface area contributed by atoms with Crippen LogP contribution in [0.4, 0.5) is 0 Å². The van der Waals surface area contributed by atoms with Gasteiger partial charge in [-0.25, -0.2) is 4.98 Å². The van der Waals surface area contributed by atoms with Gasteiger partial charge in [0.1, 0.15) is 10.6 Å². The summed E-state index contributed by atoms with van der Waals surface area (Å²) in [4.78, 5) is 6.50. The monoisotopic (exact) mass is 429 g/mol. The Balaban J connectivity index is 1.39. The summed E-state index contributed by atoms with van der Waals surface area (Å²) in [6.07, 6.45) is 15.8. The van der Waals surface area contributed by atoms with Gasteiger partial charge in [-0.05, 0) is 73.7 Å². The van der Waals surface area contributed by atoms with Crippen LogP contribution in [0, 0.1) is 40.9 Å². The van der Waals surface area contributed by atoms with Crippen molar-refractivity contribution in [3.63, 3.8) is 0 Å². The maximum atomic E-state index is 11.2. The average Bonchev–Trinajstić information content (AvgIpc) is 3.33. The number of aromatic nitrogens is 1. The molecule has 3 heteroatoms. The summed E-state index contributed by atoms with van der Waals surface area (Å²) in [5.41, 5.74) is 3.25. The van der Waals surface area contributed by atoms with Crippen molar-refractivity contribution in [3.8, 4) is 22.9 Å². The van der Waals surface area contributed by atoms with Crippen molar-refractivity contribution in [2.75, 3.05) is 0 Å². The third kappa shape index (κ3) is 2.53. The highest BCUT2D eigenvalue weighted by atomic mass is 32.1. The van der Waals surface area contributed by atoms with E-state index in [-0.39, 0.29) is 10.8 Å². The molecule has 6 atom stereocenters. The molecule has 0 unspecified atom stereocenters. The minimum Gasteiger partial charge on any atom is -0.377 e. The fourth-order valence-corrected chi connectivity index (χ4v) is 9.13. The second-order valence-corrected chi connectivity index (χ2v) is 11.8. The second kappa shape index (κ2) is 6.56. The number of aryl methyl sites for hydroxylation is 1.